The van der Waals surface area contributed by atoms with Crippen LogP contribution in [-0.4, -0.2) is 39.1 Å². The van der Waals surface area contributed by atoms with Crippen LogP contribution in [0.15, 0.2) is 0 Å². The Morgan fingerprint density at radius 1 is 1.19 bits per heavy atom. The van der Waals surface area contributed by atoms with E-state index in [1.54, 1.807) is 20.1 Å². The maximum Gasteiger partial charge on any atom is 0.0626 e. The van der Waals surface area contributed by atoms with Gasteiger partial charge < -0.3 is 9.84 Å². The molecule has 0 saturated heterocycles. The van der Waals surface area contributed by atoms with Gasteiger partial charge in [0.2, 0.25) is 0 Å². The van der Waals surface area contributed by atoms with E-state index in [0.29, 0.717) is 13.0 Å². The van der Waals surface area contributed by atoms with Gasteiger partial charge >= 0.3 is 0 Å². The minimum atomic E-state index is -0.716. The Morgan fingerprint density at radius 3 is 2.19 bits per heavy atom. The summed E-state index contributed by atoms with van der Waals surface area (Å²) in [5, 5.41) is 9.54. The van der Waals surface area contributed by atoms with Gasteiger partial charge in [-0.15, -0.1) is 0 Å². The van der Waals surface area contributed by atoms with Gasteiger partial charge in [0, 0.05) is 22.8 Å². The highest BCUT2D eigenvalue weighted by Crippen LogP contribution is 2.18. The highest BCUT2D eigenvalue weighted by Gasteiger charge is 2.20. The average Bonchev–Trinajstić information content (AvgIpc) is 1.99. The van der Waals surface area contributed by atoms with Crippen molar-refractivity contribution in [1.82, 2.24) is 0 Å². The Hall–Kier alpha value is 0.0700. The summed E-state index contributed by atoms with van der Waals surface area (Å²) in [7, 11) is -0.716. The fourth-order valence-electron chi connectivity index (χ4n) is 1.35. The first-order valence-electron chi connectivity index (χ1n) is 5.79. The van der Waals surface area contributed by atoms with Crippen molar-refractivity contribution < 1.29 is 14.1 Å². The van der Waals surface area contributed by atoms with Gasteiger partial charge in [-0.2, -0.15) is 0 Å². The summed E-state index contributed by atoms with van der Waals surface area (Å²) < 4.78 is 16.6. The first-order valence-corrected chi connectivity index (χ1v) is 7.51. The summed E-state index contributed by atoms with van der Waals surface area (Å²) >= 11 is 0. The Morgan fingerprint density at radius 2 is 1.75 bits per heavy atom. The van der Waals surface area contributed by atoms with Crippen LogP contribution < -0.4 is 0 Å². The molecule has 0 aliphatic heterocycles. The lowest BCUT2D eigenvalue weighted by Gasteiger charge is -2.27. The molecule has 0 aliphatic rings. The van der Waals surface area contributed by atoms with Crippen molar-refractivity contribution in [1.29, 1.82) is 0 Å². The Labute approximate surface area is 102 Å². The van der Waals surface area contributed by atoms with Crippen molar-refractivity contribution >= 4 is 10.8 Å². The summed E-state index contributed by atoms with van der Waals surface area (Å²) in [6, 6.07) is 0. The molecule has 1 unspecified atom stereocenters. The molecule has 0 aromatic carbocycles. The highest BCUT2D eigenvalue weighted by molar-refractivity contribution is 7.84. The molecular weight excluding hydrogens is 224 g/mol. The number of rotatable bonds is 8. The zero-order chi connectivity index (χ0) is 12.8. The molecule has 0 spiro atoms. The zero-order valence-corrected chi connectivity index (χ0v) is 12.0. The summed E-state index contributed by atoms with van der Waals surface area (Å²) in [6.45, 7) is 8.20. The lowest BCUT2D eigenvalue weighted by Crippen LogP contribution is -2.29. The third kappa shape index (κ3) is 10.6. The lowest BCUT2D eigenvalue weighted by atomic mass is 10.0. The molecular formula is C12H26O3S. The molecule has 98 valence electrons. The second-order valence-corrected chi connectivity index (χ2v) is 7.11. The van der Waals surface area contributed by atoms with Crippen molar-refractivity contribution in [3.8, 4) is 0 Å². The number of hydrogen-bond donors (Lipinski definition) is 1. The van der Waals surface area contributed by atoms with Crippen molar-refractivity contribution in [2.45, 2.75) is 58.2 Å². The summed E-state index contributed by atoms with van der Waals surface area (Å²) in [5.41, 5.74) is -0.856. The van der Waals surface area contributed by atoms with Crippen LogP contribution in [-0.2, 0) is 15.5 Å². The molecule has 0 radical (unpaired) electrons. The number of ether oxygens (including phenoxy) is 1. The van der Waals surface area contributed by atoms with Gasteiger partial charge in [0.05, 0.1) is 17.8 Å². The van der Waals surface area contributed by atoms with Gasteiger partial charge in [0.15, 0.2) is 0 Å². The minimum absolute atomic E-state index is 0.190. The zero-order valence-electron chi connectivity index (χ0n) is 11.2. The molecule has 3 nitrogen and oxygen atoms in total. The average molecular weight is 250 g/mol. The van der Waals surface area contributed by atoms with Crippen molar-refractivity contribution in [3.05, 3.63) is 0 Å². The molecule has 4 heteroatoms. The van der Waals surface area contributed by atoms with Crippen molar-refractivity contribution in [2.24, 2.45) is 0 Å². The third-order valence-electron chi connectivity index (χ3n) is 2.42. The molecule has 0 aromatic heterocycles. The van der Waals surface area contributed by atoms with Gasteiger partial charge in [-0.05, 0) is 47.0 Å². The quantitative estimate of drug-likeness (QED) is 0.717. The van der Waals surface area contributed by atoms with Crippen LogP contribution >= 0.6 is 0 Å². The topological polar surface area (TPSA) is 46.5 Å². The molecule has 0 bridgehead atoms. The Kier molecular flexibility index (Phi) is 6.75. The minimum Gasteiger partial charge on any atom is -0.390 e. The van der Waals surface area contributed by atoms with Crippen molar-refractivity contribution in [3.63, 3.8) is 0 Å². The van der Waals surface area contributed by atoms with Crippen LogP contribution in [0, 0.1) is 0 Å². The predicted octanol–water partition coefficient (Wildman–Crippen LogP) is 2.10. The van der Waals surface area contributed by atoms with Crippen LogP contribution in [0.3, 0.4) is 0 Å². The Balaban J connectivity index is 3.74. The van der Waals surface area contributed by atoms with Crippen LogP contribution in [0.2, 0.25) is 0 Å². The lowest BCUT2D eigenvalue weighted by molar-refractivity contribution is -0.0500. The van der Waals surface area contributed by atoms with Gasteiger partial charge in [-0.1, -0.05) is 0 Å². The van der Waals surface area contributed by atoms with Crippen LogP contribution in [0.1, 0.15) is 47.0 Å². The molecule has 0 fully saturated rings. The van der Waals surface area contributed by atoms with Crippen LogP contribution in [0.25, 0.3) is 0 Å². The second-order valence-electron chi connectivity index (χ2n) is 5.55. The van der Waals surface area contributed by atoms with E-state index in [-0.39, 0.29) is 5.60 Å². The Bertz CT molecular complexity index is 219. The van der Waals surface area contributed by atoms with Gasteiger partial charge in [0.1, 0.15) is 0 Å². The van der Waals surface area contributed by atoms with E-state index in [4.69, 9.17) is 4.74 Å². The van der Waals surface area contributed by atoms with Gasteiger partial charge in [-0.3, -0.25) is 4.21 Å². The molecule has 0 saturated carbocycles. The first-order chi connectivity index (χ1) is 7.12. The molecule has 1 atom stereocenters. The monoisotopic (exact) mass is 250 g/mol. The SMILES string of the molecule is CS(=O)CCCC(C)(C)OCCC(C)(C)O. The highest BCUT2D eigenvalue weighted by atomic mass is 32.2. The van der Waals surface area contributed by atoms with E-state index < -0.39 is 16.4 Å². The van der Waals surface area contributed by atoms with Gasteiger partial charge in [0.25, 0.3) is 0 Å². The third-order valence-corrected chi connectivity index (χ3v) is 3.28. The first kappa shape index (κ1) is 16.1. The summed E-state index contributed by atoms with van der Waals surface area (Å²) in [6.07, 6.45) is 4.18. The molecule has 0 amide bonds. The predicted molar refractivity (Wildman–Crippen MR) is 69.1 cm³/mol. The number of aliphatic hydroxyl groups is 1. The molecule has 0 aromatic rings. The van der Waals surface area contributed by atoms with Crippen LogP contribution in [0.5, 0.6) is 0 Å². The maximum absolute atomic E-state index is 10.9. The normalized spacial score (nSPS) is 15.1. The second kappa shape index (κ2) is 6.72. The van der Waals surface area contributed by atoms with E-state index in [1.807, 2.05) is 13.8 Å². The van der Waals surface area contributed by atoms with Crippen LogP contribution in [0.4, 0.5) is 0 Å². The molecule has 0 rings (SSSR count). The molecule has 0 heterocycles. The fourth-order valence-corrected chi connectivity index (χ4v) is 1.90. The van der Waals surface area contributed by atoms with E-state index in [2.05, 4.69) is 0 Å². The molecule has 1 N–H and O–H groups in total. The number of hydrogen-bond acceptors (Lipinski definition) is 3. The summed E-state index contributed by atoms with van der Waals surface area (Å²) in [5.74, 6) is 0.734. The fraction of sp³-hybridized carbons (Fsp3) is 1.00. The molecule has 0 aliphatic carbocycles. The van der Waals surface area contributed by atoms with E-state index >= 15 is 0 Å². The largest absolute Gasteiger partial charge is 0.390 e. The summed E-state index contributed by atoms with van der Waals surface area (Å²) in [4.78, 5) is 0. The van der Waals surface area contributed by atoms with E-state index in [9.17, 15) is 9.32 Å². The standard InChI is InChI=1S/C12H26O3S/c1-11(2,13)8-9-15-12(3,4)7-6-10-16(5)14/h13H,6-10H2,1-5H3. The maximum atomic E-state index is 10.9. The smallest absolute Gasteiger partial charge is 0.0626 e. The van der Waals surface area contributed by atoms with E-state index in [1.165, 1.54) is 0 Å². The van der Waals surface area contributed by atoms with E-state index in [0.717, 1.165) is 18.6 Å². The van der Waals surface area contributed by atoms with Crippen molar-refractivity contribution in [2.75, 3.05) is 18.6 Å². The van der Waals surface area contributed by atoms with Gasteiger partial charge in [-0.25, -0.2) is 0 Å². The molecule has 16 heavy (non-hydrogen) atoms.